The lowest BCUT2D eigenvalue weighted by Crippen LogP contribution is -2.62. The minimum atomic E-state index is -2.01. The molecular weight excluding hydrogens is 1120 g/mol. The van der Waals surface area contributed by atoms with Crippen LogP contribution in [0.15, 0.2) is 60.7 Å². The third kappa shape index (κ3) is 20.6. The molecular formula is C67H104N8O13. The lowest BCUT2D eigenvalue weighted by molar-refractivity contribution is -0.177. The quantitative estimate of drug-likeness (QED) is 0.0826. The van der Waals surface area contributed by atoms with Gasteiger partial charge < -0.3 is 55.0 Å². The maximum absolute atomic E-state index is 15.4. The van der Waals surface area contributed by atoms with Crippen molar-refractivity contribution < 1.29 is 62.5 Å². The van der Waals surface area contributed by atoms with Crippen LogP contribution in [0, 0.1) is 23.7 Å². The van der Waals surface area contributed by atoms with Gasteiger partial charge >= 0.3 is 11.9 Å². The number of unbranched alkanes of at least 4 members (excludes halogenated alkanes) is 5. The van der Waals surface area contributed by atoms with Crippen LogP contribution in [0.3, 0.4) is 0 Å². The molecule has 4 rings (SSSR count). The second kappa shape index (κ2) is 34.7. The first kappa shape index (κ1) is 73.6. The maximum Gasteiger partial charge on any atom is 0.332 e. The Morgan fingerprint density at radius 2 is 1.12 bits per heavy atom. The van der Waals surface area contributed by atoms with Gasteiger partial charge in [0.15, 0.2) is 12.1 Å². The maximum atomic E-state index is 15.4. The number of amides is 8. The summed E-state index contributed by atoms with van der Waals surface area (Å²) in [5, 5.41) is 20.4. The van der Waals surface area contributed by atoms with E-state index in [-0.39, 0.29) is 57.6 Å². The van der Waals surface area contributed by atoms with E-state index in [1.165, 1.54) is 61.6 Å². The number of likely N-dealkylation sites (N-methyl/N-ethyl adjacent to an activating group) is 4. The molecule has 2 fully saturated rings. The topological polar surface area (TPSA) is 262 Å². The summed E-state index contributed by atoms with van der Waals surface area (Å²) in [7, 11) is 5.54. The van der Waals surface area contributed by atoms with Crippen LogP contribution in [0.25, 0.3) is 0 Å². The Morgan fingerprint density at radius 1 is 0.625 bits per heavy atom. The number of carbonyl (C=O) groups excluding carboxylic acids is 10. The van der Waals surface area contributed by atoms with Crippen molar-refractivity contribution in [2.75, 3.05) is 41.3 Å². The highest BCUT2D eigenvalue weighted by Gasteiger charge is 2.48. The number of hydrogen-bond donors (Lipinski definition) is 4. The molecule has 2 aliphatic heterocycles. The zero-order chi connectivity index (χ0) is 65.7. The number of fused-ring (bicyclic) bond motifs is 1. The summed E-state index contributed by atoms with van der Waals surface area (Å²) in [6.07, 6.45) is 4.58. The highest BCUT2D eigenvalue weighted by atomic mass is 16.6. The van der Waals surface area contributed by atoms with Gasteiger partial charge in [0.2, 0.25) is 41.4 Å². The first-order chi connectivity index (χ1) is 41.5. The van der Waals surface area contributed by atoms with Crippen LogP contribution >= 0.6 is 0 Å². The van der Waals surface area contributed by atoms with Gasteiger partial charge in [-0.15, -0.1) is 0 Å². The van der Waals surface area contributed by atoms with E-state index in [1.54, 1.807) is 84.0 Å². The molecule has 0 aliphatic carbocycles. The normalized spacial score (nSPS) is 24.6. The van der Waals surface area contributed by atoms with Crippen molar-refractivity contribution in [3.63, 3.8) is 0 Å². The van der Waals surface area contributed by atoms with E-state index in [4.69, 9.17) is 9.47 Å². The van der Waals surface area contributed by atoms with Crippen LogP contribution in [-0.4, -0.2) is 190 Å². The Kier molecular flexibility index (Phi) is 29.0. The number of cyclic esters (lactones) is 1. The number of esters is 2. The second-order valence-electron chi connectivity index (χ2n) is 25.9. The fourth-order valence-electron chi connectivity index (χ4n) is 12.0. The van der Waals surface area contributed by atoms with Crippen molar-refractivity contribution in [2.45, 2.75) is 226 Å². The third-order valence-corrected chi connectivity index (χ3v) is 17.0. The van der Waals surface area contributed by atoms with Gasteiger partial charge in [0, 0.05) is 59.9 Å². The third-order valence-electron chi connectivity index (χ3n) is 17.0. The molecule has 0 aromatic heterocycles. The molecule has 0 spiro atoms. The molecule has 2 aromatic carbocycles. The number of nitrogens with zero attached hydrogens (tertiary/aromatic N) is 5. The highest BCUT2D eigenvalue weighted by Crippen LogP contribution is 2.27. The molecule has 0 bridgehead atoms. The van der Waals surface area contributed by atoms with Crippen molar-refractivity contribution in [2.24, 2.45) is 23.7 Å². The SMILES string of the molecule is CCCCCCCCOC(=O)CC[C@H]1NC(=O)[C@@H]2CCCN2C(=O)[C@H](Cc2ccccc2)N(C)C(=O)[C@H](Cc2ccccc2)NC(=O)[C@H](C(C)C)N(C)C(=O)[C@H]([C@H](C)CC)OC(=O)[C@H](C(C)(C)O)N(C)C(=O)[C@H](CC(C)C)NC(=O)[C@H](C(C)C)N(C)C1=O. The molecule has 10 atom stereocenters. The van der Waals surface area contributed by atoms with Crippen LogP contribution in [0.5, 0.6) is 0 Å². The predicted octanol–water partition coefficient (Wildman–Crippen LogP) is 6.01. The number of ether oxygens (including phenoxy) is 2. The Balaban J connectivity index is 1.95. The van der Waals surface area contributed by atoms with Gasteiger partial charge in [0.1, 0.15) is 42.3 Å². The number of aliphatic hydroxyl groups is 1. The molecule has 2 saturated heterocycles. The molecule has 4 N–H and O–H groups in total. The van der Waals surface area contributed by atoms with E-state index in [1.807, 2.05) is 32.0 Å². The van der Waals surface area contributed by atoms with Gasteiger partial charge in [0.05, 0.1) is 12.2 Å². The number of benzene rings is 2. The molecule has 21 nitrogen and oxygen atoms in total. The molecule has 490 valence electrons. The van der Waals surface area contributed by atoms with E-state index in [0.717, 1.165) is 37.0 Å². The average Bonchev–Trinajstić information content (AvgIpc) is 3.37. The molecule has 0 unspecified atom stereocenters. The summed E-state index contributed by atoms with van der Waals surface area (Å²) in [5.74, 6) is -9.56. The van der Waals surface area contributed by atoms with Crippen molar-refractivity contribution >= 4 is 59.2 Å². The minimum Gasteiger partial charge on any atom is -0.466 e. The fraction of sp³-hybridized carbons (Fsp3) is 0.672. The van der Waals surface area contributed by atoms with Gasteiger partial charge in [-0.2, -0.15) is 0 Å². The predicted molar refractivity (Wildman–Crippen MR) is 335 cm³/mol. The van der Waals surface area contributed by atoms with Crippen molar-refractivity contribution in [3.05, 3.63) is 71.8 Å². The van der Waals surface area contributed by atoms with Crippen LogP contribution < -0.4 is 16.0 Å². The summed E-state index contributed by atoms with van der Waals surface area (Å²) in [6.45, 7) is 19.0. The smallest absolute Gasteiger partial charge is 0.332 e. The summed E-state index contributed by atoms with van der Waals surface area (Å²) in [5.41, 5.74) is -0.647. The molecule has 8 amide bonds. The first-order valence-electron chi connectivity index (χ1n) is 31.9. The standard InChI is InChI=1S/C67H104N8O13/c1-16-18-19-20-21-28-38-87-53(76)36-35-48-61(80)72(13)54(43(5)6)59(78)69-49(39-42(3)4)63(82)74(15)57(67(10,11)86)66(85)88-56(45(9)17-2)65(84)73(14)55(44(7)8)60(79)70-50(40-46-30-24-22-25-31-46)62(81)71(12)52(41-47-32-26-23-27-33-47)64(83)75-37-29-34-51(75)58(77)68-48/h22-27,30-33,42-45,48-52,54-57,86H,16-21,28-29,34-41H2,1-15H3,(H,68,77)(H,69,78)(H,70,79)/t45-,48-,49+,50+,51+,52+,54+,55+,56+,57-/m1/s1. The molecule has 88 heavy (non-hydrogen) atoms. The lowest BCUT2D eigenvalue weighted by atomic mass is 9.94. The fourth-order valence-corrected chi connectivity index (χ4v) is 12.0. The Hall–Kier alpha value is -6.90. The molecule has 2 aliphatic rings. The van der Waals surface area contributed by atoms with E-state index < -0.39 is 137 Å². The van der Waals surface area contributed by atoms with Gasteiger partial charge in [-0.05, 0) is 81.3 Å². The van der Waals surface area contributed by atoms with E-state index in [0.29, 0.717) is 30.4 Å². The average molecular weight is 1230 g/mol. The van der Waals surface area contributed by atoms with Gasteiger partial charge in [0.25, 0.3) is 5.91 Å². The van der Waals surface area contributed by atoms with Crippen LogP contribution in [0.4, 0.5) is 0 Å². The van der Waals surface area contributed by atoms with E-state index in [9.17, 15) is 33.9 Å². The minimum absolute atomic E-state index is 0.000513. The zero-order valence-corrected chi connectivity index (χ0v) is 55.2. The van der Waals surface area contributed by atoms with Crippen LogP contribution in [-0.2, 0) is 70.3 Å². The number of rotatable bonds is 21. The van der Waals surface area contributed by atoms with Gasteiger partial charge in [-0.25, -0.2) is 4.79 Å². The molecule has 21 heteroatoms. The summed E-state index contributed by atoms with van der Waals surface area (Å²) < 4.78 is 11.7. The number of nitrogens with one attached hydrogen (secondary N) is 3. The number of carbonyl (C=O) groups is 10. The summed E-state index contributed by atoms with van der Waals surface area (Å²) in [4.78, 5) is 155. The highest BCUT2D eigenvalue weighted by molar-refractivity contribution is 5.99. The molecule has 0 saturated carbocycles. The van der Waals surface area contributed by atoms with E-state index >= 15 is 19.2 Å². The second-order valence-corrected chi connectivity index (χ2v) is 25.9. The Labute approximate surface area is 523 Å². The van der Waals surface area contributed by atoms with Crippen molar-refractivity contribution in [1.29, 1.82) is 0 Å². The number of hydrogen-bond acceptors (Lipinski definition) is 13. The molecule has 2 heterocycles. The summed E-state index contributed by atoms with van der Waals surface area (Å²) in [6, 6.07) is 7.20. The van der Waals surface area contributed by atoms with Gasteiger partial charge in [-0.1, -0.05) is 155 Å². The van der Waals surface area contributed by atoms with Gasteiger partial charge in [-0.3, -0.25) is 43.2 Å². The molecule has 2 aromatic rings. The lowest BCUT2D eigenvalue weighted by Gasteiger charge is -2.39. The van der Waals surface area contributed by atoms with Crippen LogP contribution in [0.1, 0.15) is 164 Å². The van der Waals surface area contributed by atoms with Crippen LogP contribution in [0.2, 0.25) is 0 Å². The molecule has 0 radical (unpaired) electrons. The summed E-state index contributed by atoms with van der Waals surface area (Å²) >= 11 is 0. The Morgan fingerprint density at radius 3 is 1.66 bits per heavy atom. The first-order valence-corrected chi connectivity index (χ1v) is 31.9. The monoisotopic (exact) mass is 1230 g/mol. The van der Waals surface area contributed by atoms with E-state index in [2.05, 4.69) is 22.9 Å². The zero-order valence-electron chi connectivity index (χ0n) is 55.2. The largest absolute Gasteiger partial charge is 0.466 e. The van der Waals surface area contributed by atoms with Crippen molar-refractivity contribution in [1.82, 2.24) is 40.4 Å². The Bertz CT molecular complexity index is 2650. The van der Waals surface area contributed by atoms with Crippen molar-refractivity contribution in [3.8, 4) is 0 Å².